The third-order valence-corrected chi connectivity index (χ3v) is 3.07. The highest BCUT2D eigenvalue weighted by Crippen LogP contribution is 2.18. The molecular formula is C12H18Cl2N2O. The number of unbranched alkanes of at least 4 members (excludes halogenated alkanes) is 1. The lowest BCUT2D eigenvalue weighted by Crippen LogP contribution is -2.27. The lowest BCUT2D eigenvalue weighted by molar-refractivity contribution is 0.188. The molecule has 5 heteroatoms. The smallest absolute Gasteiger partial charge is 0.135 e. The number of rotatable bonds is 7. The molecule has 1 N–H and O–H groups in total. The van der Waals surface area contributed by atoms with Crippen LogP contribution in [-0.4, -0.2) is 34.7 Å². The van der Waals surface area contributed by atoms with Crippen molar-refractivity contribution in [1.82, 2.24) is 9.88 Å². The van der Waals surface area contributed by atoms with Gasteiger partial charge in [0, 0.05) is 18.7 Å². The number of nitrogens with zero attached hydrogens (tertiary/aromatic N) is 2. The molecule has 17 heavy (non-hydrogen) atoms. The largest absolute Gasteiger partial charge is 0.395 e. The summed E-state index contributed by atoms with van der Waals surface area (Å²) in [6, 6.07) is 3.62. The van der Waals surface area contributed by atoms with Crippen molar-refractivity contribution in [1.29, 1.82) is 0 Å². The molecule has 0 bridgehead atoms. The number of aromatic nitrogens is 1. The summed E-state index contributed by atoms with van der Waals surface area (Å²) in [6.45, 7) is 4.61. The highest BCUT2D eigenvalue weighted by molar-refractivity contribution is 6.32. The van der Waals surface area contributed by atoms with Crippen LogP contribution in [-0.2, 0) is 6.54 Å². The van der Waals surface area contributed by atoms with E-state index in [1.54, 1.807) is 6.07 Å². The van der Waals surface area contributed by atoms with E-state index in [0.29, 0.717) is 23.4 Å². The van der Waals surface area contributed by atoms with Gasteiger partial charge in [-0.05, 0) is 19.0 Å². The third kappa shape index (κ3) is 5.21. The molecular weight excluding hydrogens is 259 g/mol. The number of pyridine rings is 1. The van der Waals surface area contributed by atoms with Gasteiger partial charge in [-0.3, -0.25) is 4.90 Å². The topological polar surface area (TPSA) is 36.4 Å². The highest BCUT2D eigenvalue weighted by Gasteiger charge is 2.09. The summed E-state index contributed by atoms with van der Waals surface area (Å²) in [5, 5.41) is 9.86. The summed E-state index contributed by atoms with van der Waals surface area (Å²) < 4.78 is 0. The lowest BCUT2D eigenvalue weighted by Gasteiger charge is -2.21. The molecule has 0 aliphatic rings. The van der Waals surface area contributed by atoms with Gasteiger partial charge in [0.2, 0.25) is 0 Å². The minimum absolute atomic E-state index is 0.155. The van der Waals surface area contributed by atoms with Crippen LogP contribution >= 0.6 is 23.2 Å². The summed E-state index contributed by atoms with van der Waals surface area (Å²) in [5.74, 6) is 0. The summed E-state index contributed by atoms with van der Waals surface area (Å²) in [5.41, 5.74) is 0.945. The summed E-state index contributed by atoms with van der Waals surface area (Å²) >= 11 is 11.8. The lowest BCUT2D eigenvalue weighted by atomic mass is 10.2. The van der Waals surface area contributed by atoms with Crippen molar-refractivity contribution in [2.45, 2.75) is 26.3 Å². The molecule has 0 amide bonds. The quantitative estimate of drug-likeness (QED) is 0.778. The van der Waals surface area contributed by atoms with Gasteiger partial charge in [0.25, 0.3) is 0 Å². The van der Waals surface area contributed by atoms with Crippen LogP contribution in [0, 0.1) is 0 Å². The molecule has 1 aromatic heterocycles. The first-order valence-electron chi connectivity index (χ1n) is 5.81. The van der Waals surface area contributed by atoms with Gasteiger partial charge >= 0.3 is 0 Å². The predicted octanol–water partition coefficient (Wildman–Crippen LogP) is 2.98. The van der Waals surface area contributed by atoms with E-state index in [1.807, 2.05) is 6.07 Å². The van der Waals surface area contributed by atoms with E-state index < -0.39 is 0 Å². The van der Waals surface area contributed by atoms with Crippen LogP contribution in [0.4, 0.5) is 0 Å². The van der Waals surface area contributed by atoms with Crippen LogP contribution < -0.4 is 0 Å². The molecule has 0 spiro atoms. The maximum Gasteiger partial charge on any atom is 0.135 e. The van der Waals surface area contributed by atoms with Crippen molar-refractivity contribution in [2.24, 2.45) is 0 Å². The average molecular weight is 277 g/mol. The Morgan fingerprint density at radius 3 is 2.65 bits per heavy atom. The zero-order valence-electron chi connectivity index (χ0n) is 9.99. The van der Waals surface area contributed by atoms with Gasteiger partial charge in [-0.2, -0.15) is 0 Å². The van der Waals surface area contributed by atoms with Crippen LogP contribution in [0.25, 0.3) is 0 Å². The van der Waals surface area contributed by atoms with Gasteiger partial charge in [-0.1, -0.05) is 42.6 Å². The van der Waals surface area contributed by atoms with Gasteiger partial charge in [0.1, 0.15) is 10.3 Å². The molecule has 0 radical (unpaired) electrons. The average Bonchev–Trinajstić information content (AvgIpc) is 2.29. The predicted molar refractivity (Wildman–Crippen MR) is 71.5 cm³/mol. The monoisotopic (exact) mass is 276 g/mol. The van der Waals surface area contributed by atoms with Gasteiger partial charge < -0.3 is 5.11 Å². The molecule has 1 heterocycles. The van der Waals surface area contributed by atoms with E-state index >= 15 is 0 Å². The number of aliphatic hydroxyl groups excluding tert-OH is 1. The van der Waals surface area contributed by atoms with E-state index in [4.69, 9.17) is 28.3 Å². The van der Waals surface area contributed by atoms with Crippen molar-refractivity contribution in [3.63, 3.8) is 0 Å². The Labute approximate surface area is 112 Å². The molecule has 1 rings (SSSR count). The number of aliphatic hydroxyl groups is 1. The fourth-order valence-electron chi connectivity index (χ4n) is 1.59. The Bertz CT molecular complexity index is 347. The molecule has 1 aromatic rings. The fourth-order valence-corrected chi connectivity index (χ4v) is 2.00. The number of halogens is 2. The van der Waals surface area contributed by atoms with Gasteiger partial charge in [-0.25, -0.2) is 4.98 Å². The molecule has 0 atom stereocenters. The number of hydrogen-bond acceptors (Lipinski definition) is 3. The molecule has 0 saturated carbocycles. The maximum absolute atomic E-state index is 9.02. The minimum Gasteiger partial charge on any atom is -0.395 e. The Morgan fingerprint density at radius 2 is 2.06 bits per heavy atom. The standard InChI is InChI=1S/C12H18Cl2N2O/c1-2-3-6-16(7-8-17)9-10-4-5-11(13)15-12(10)14/h4-5,17H,2-3,6-9H2,1H3. The number of hydrogen-bond donors (Lipinski definition) is 1. The van der Waals surface area contributed by atoms with Gasteiger partial charge in [0.05, 0.1) is 6.61 Å². The van der Waals surface area contributed by atoms with E-state index in [1.165, 1.54) is 0 Å². The Morgan fingerprint density at radius 1 is 1.29 bits per heavy atom. The molecule has 96 valence electrons. The second kappa shape index (κ2) is 7.88. The van der Waals surface area contributed by atoms with E-state index in [-0.39, 0.29) is 6.61 Å². The second-order valence-electron chi connectivity index (χ2n) is 3.94. The van der Waals surface area contributed by atoms with Gasteiger partial charge in [0.15, 0.2) is 0 Å². The Hall–Kier alpha value is -0.350. The van der Waals surface area contributed by atoms with E-state index in [2.05, 4.69) is 16.8 Å². The maximum atomic E-state index is 9.02. The van der Waals surface area contributed by atoms with Crippen LogP contribution in [0.2, 0.25) is 10.3 Å². The Balaban J connectivity index is 2.64. The molecule has 0 saturated heterocycles. The van der Waals surface area contributed by atoms with E-state index in [9.17, 15) is 0 Å². The second-order valence-corrected chi connectivity index (χ2v) is 4.68. The minimum atomic E-state index is 0.155. The highest BCUT2D eigenvalue weighted by atomic mass is 35.5. The SMILES string of the molecule is CCCCN(CCO)Cc1ccc(Cl)nc1Cl. The van der Waals surface area contributed by atoms with Crippen molar-refractivity contribution in [3.8, 4) is 0 Å². The first-order valence-corrected chi connectivity index (χ1v) is 6.57. The first kappa shape index (κ1) is 14.7. The van der Waals surface area contributed by atoms with Crippen LogP contribution in [0.5, 0.6) is 0 Å². The summed E-state index contributed by atoms with van der Waals surface area (Å²) in [6.07, 6.45) is 2.24. The van der Waals surface area contributed by atoms with Crippen molar-refractivity contribution in [3.05, 3.63) is 28.0 Å². The van der Waals surface area contributed by atoms with Crippen LogP contribution in [0.15, 0.2) is 12.1 Å². The summed E-state index contributed by atoms with van der Waals surface area (Å²) in [7, 11) is 0. The molecule has 0 unspecified atom stereocenters. The molecule has 0 aliphatic heterocycles. The molecule has 0 aromatic carbocycles. The normalized spacial score (nSPS) is 11.1. The Kier molecular flexibility index (Phi) is 6.82. The zero-order valence-corrected chi connectivity index (χ0v) is 11.5. The third-order valence-electron chi connectivity index (χ3n) is 2.53. The van der Waals surface area contributed by atoms with Crippen LogP contribution in [0.1, 0.15) is 25.3 Å². The van der Waals surface area contributed by atoms with Crippen molar-refractivity contribution < 1.29 is 5.11 Å². The summed E-state index contributed by atoms with van der Waals surface area (Å²) in [4.78, 5) is 6.18. The van der Waals surface area contributed by atoms with Crippen molar-refractivity contribution >= 4 is 23.2 Å². The van der Waals surface area contributed by atoms with Crippen molar-refractivity contribution in [2.75, 3.05) is 19.7 Å². The fraction of sp³-hybridized carbons (Fsp3) is 0.583. The molecule has 0 fully saturated rings. The molecule has 0 aliphatic carbocycles. The van der Waals surface area contributed by atoms with Gasteiger partial charge in [-0.15, -0.1) is 0 Å². The molecule has 3 nitrogen and oxygen atoms in total. The van der Waals surface area contributed by atoms with E-state index in [0.717, 1.165) is 24.9 Å². The first-order chi connectivity index (χ1) is 8.17. The van der Waals surface area contributed by atoms with Crippen LogP contribution in [0.3, 0.4) is 0 Å². The zero-order chi connectivity index (χ0) is 12.7.